The van der Waals surface area contributed by atoms with E-state index in [1.807, 2.05) is 41.8 Å². The first-order chi connectivity index (χ1) is 14.4. The number of hydrogen-bond acceptors (Lipinski definition) is 4. The van der Waals surface area contributed by atoms with Crippen molar-refractivity contribution in [2.75, 3.05) is 0 Å². The number of carbonyl (C=O) groups excluding carboxylic acids is 1. The Bertz CT molecular complexity index is 1290. The largest absolute Gasteiger partial charge is 0.326 e. The quantitative estimate of drug-likeness (QED) is 0.465. The van der Waals surface area contributed by atoms with E-state index in [4.69, 9.17) is 0 Å². The van der Waals surface area contributed by atoms with E-state index in [0.29, 0.717) is 29.1 Å². The minimum Gasteiger partial charge on any atom is -0.326 e. The van der Waals surface area contributed by atoms with Crippen LogP contribution in [-0.4, -0.2) is 20.3 Å². The highest BCUT2D eigenvalue weighted by Gasteiger charge is 2.18. The Morgan fingerprint density at radius 1 is 1.03 bits per heavy atom. The van der Waals surface area contributed by atoms with Gasteiger partial charge in [-0.2, -0.15) is 0 Å². The van der Waals surface area contributed by atoms with Gasteiger partial charge in [0.15, 0.2) is 5.78 Å². The van der Waals surface area contributed by atoms with E-state index in [0.717, 1.165) is 17.0 Å². The minimum absolute atomic E-state index is 0.139. The molecule has 0 saturated heterocycles. The highest BCUT2D eigenvalue weighted by atomic mass is 16.1. The van der Waals surface area contributed by atoms with Gasteiger partial charge >= 0.3 is 0 Å². The molecule has 0 N–H and O–H groups in total. The SMILES string of the molecule is Cc1cccc(Cn2cc(C(=O)c3ccc(C(C)C)cc3)c(=O)c3cccnc32)n1. The smallest absolute Gasteiger partial charge is 0.202 e. The Balaban J connectivity index is 1.82. The van der Waals surface area contributed by atoms with Crippen LogP contribution >= 0.6 is 0 Å². The highest BCUT2D eigenvalue weighted by molar-refractivity contribution is 6.10. The van der Waals surface area contributed by atoms with Gasteiger partial charge in [-0.3, -0.25) is 14.6 Å². The molecule has 1 aromatic carbocycles. The summed E-state index contributed by atoms with van der Waals surface area (Å²) in [5, 5.41) is 0.426. The van der Waals surface area contributed by atoms with Crippen LogP contribution in [0, 0.1) is 6.92 Å². The molecule has 0 aliphatic heterocycles. The van der Waals surface area contributed by atoms with Crippen LogP contribution in [0.2, 0.25) is 0 Å². The summed E-state index contributed by atoms with van der Waals surface area (Å²) in [7, 11) is 0. The van der Waals surface area contributed by atoms with Crippen LogP contribution in [0.25, 0.3) is 11.0 Å². The predicted molar refractivity (Wildman–Crippen MR) is 118 cm³/mol. The summed E-state index contributed by atoms with van der Waals surface area (Å²) in [6.45, 7) is 6.55. The Morgan fingerprint density at radius 2 is 1.80 bits per heavy atom. The normalized spacial score (nSPS) is 11.2. The predicted octanol–water partition coefficient (Wildman–Crippen LogP) is 4.50. The summed E-state index contributed by atoms with van der Waals surface area (Å²) >= 11 is 0. The van der Waals surface area contributed by atoms with Crippen LogP contribution in [0.3, 0.4) is 0 Å². The van der Waals surface area contributed by atoms with Crippen molar-refractivity contribution in [3.05, 3.63) is 105 Å². The topological polar surface area (TPSA) is 64.8 Å². The zero-order chi connectivity index (χ0) is 21.3. The van der Waals surface area contributed by atoms with Gasteiger partial charge < -0.3 is 4.57 Å². The molecular formula is C25H23N3O2. The van der Waals surface area contributed by atoms with E-state index in [-0.39, 0.29) is 16.8 Å². The van der Waals surface area contributed by atoms with Gasteiger partial charge in [0.05, 0.1) is 23.2 Å². The van der Waals surface area contributed by atoms with Crippen molar-refractivity contribution in [1.29, 1.82) is 0 Å². The van der Waals surface area contributed by atoms with E-state index < -0.39 is 0 Å². The molecule has 150 valence electrons. The molecule has 0 radical (unpaired) electrons. The Hall–Kier alpha value is -3.60. The summed E-state index contributed by atoms with van der Waals surface area (Å²) in [6.07, 6.45) is 3.26. The molecule has 5 heteroatoms. The lowest BCUT2D eigenvalue weighted by atomic mass is 9.98. The molecule has 3 heterocycles. The number of nitrogens with zero attached hydrogens (tertiary/aromatic N) is 3. The van der Waals surface area contributed by atoms with E-state index in [9.17, 15) is 9.59 Å². The number of fused-ring (bicyclic) bond motifs is 1. The average molecular weight is 397 g/mol. The first-order valence-electron chi connectivity index (χ1n) is 9.99. The molecule has 0 fully saturated rings. The number of ketones is 1. The summed E-state index contributed by atoms with van der Waals surface area (Å²) in [5.41, 5.74) is 3.78. The number of benzene rings is 1. The molecular weight excluding hydrogens is 374 g/mol. The molecule has 3 aromatic heterocycles. The molecule has 0 unspecified atom stereocenters. The van der Waals surface area contributed by atoms with Crippen molar-refractivity contribution in [3.8, 4) is 0 Å². The van der Waals surface area contributed by atoms with Crippen molar-refractivity contribution < 1.29 is 4.79 Å². The molecule has 0 saturated carbocycles. The maximum atomic E-state index is 13.2. The van der Waals surface area contributed by atoms with Gasteiger partial charge in [-0.15, -0.1) is 0 Å². The Kier molecular flexibility index (Phi) is 5.27. The number of rotatable bonds is 5. The highest BCUT2D eigenvalue weighted by Crippen LogP contribution is 2.18. The molecule has 30 heavy (non-hydrogen) atoms. The van der Waals surface area contributed by atoms with Gasteiger partial charge in [-0.05, 0) is 42.7 Å². The van der Waals surface area contributed by atoms with Crippen LogP contribution in [0.15, 0.2) is 71.8 Å². The molecule has 0 aliphatic rings. The van der Waals surface area contributed by atoms with Gasteiger partial charge in [0.1, 0.15) is 5.65 Å². The van der Waals surface area contributed by atoms with Gasteiger partial charge in [-0.1, -0.05) is 44.2 Å². The lowest BCUT2D eigenvalue weighted by Crippen LogP contribution is -2.21. The lowest BCUT2D eigenvalue weighted by molar-refractivity contribution is 0.103. The minimum atomic E-state index is -0.301. The monoisotopic (exact) mass is 397 g/mol. The number of aryl methyl sites for hydroxylation is 1. The molecule has 0 aliphatic carbocycles. The van der Waals surface area contributed by atoms with Crippen LogP contribution in [0.5, 0.6) is 0 Å². The van der Waals surface area contributed by atoms with Crippen molar-refractivity contribution in [3.63, 3.8) is 0 Å². The van der Waals surface area contributed by atoms with E-state index in [2.05, 4.69) is 23.8 Å². The fraction of sp³-hybridized carbons (Fsp3) is 0.200. The van der Waals surface area contributed by atoms with Crippen molar-refractivity contribution in [1.82, 2.24) is 14.5 Å². The maximum absolute atomic E-state index is 13.2. The van der Waals surface area contributed by atoms with Crippen LogP contribution in [0.4, 0.5) is 0 Å². The third kappa shape index (κ3) is 3.79. The molecule has 0 spiro atoms. The molecule has 0 atom stereocenters. The second-order valence-electron chi connectivity index (χ2n) is 7.75. The number of pyridine rings is 3. The van der Waals surface area contributed by atoms with Crippen molar-refractivity contribution in [2.45, 2.75) is 33.2 Å². The summed E-state index contributed by atoms with van der Waals surface area (Å²) in [6, 6.07) is 16.7. The van der Waals surface area contributed by atoms with Gasteiger partial charge in [0.25, 0.3) is 0 Å². The summed E-state index contributed by atoms with van der Waals surface area (Å²) in [5.74, 6) is 0.0898. The van der Waals surface area contributed by atoms with Gasteiger partial charge in [0, 0.05) is 23.7 Å². The Labute approximate surface area is 175 Å². The number of aromatic nitrogens is 3. The molecule has 4 rings (SSSR count). The fourth-order valence-electron chi connectivity index (χ4n) is 3.54. The Morgan fingerprint density at radius 3 is 2.50 bits per heavy atom. The molecule has 0 bridgehead atoms. The van der Waals surface area contributed by atoms with Crippen LogP contribution in [-0.2, 0) is 6.54 Å². The zero-order valence-electron chi connectivity index (χ0n) is 17.3. The number of hydrogen-bond donors (Lipinski definition) is 0. The van der Waals surface area contributed by atoms with Crippen LogP contribution in [0.1, 0.15) is 52.6 Å². The molecule has 0 amide bonds. The second-order valence-corrected chi connectivity index (χ2v) is 7.75. The average Bonchev–Trinajstić information content (AvgIpc) is 2.75. The number of carbonyl (C=O) groups is 1. The molecule has 4 aromatic rings. The van der Waals surface area contributed by atoms with Crippen LogP contribution < -0.4 is 5.43 Å². The maximum Gasteiger partial charge on any atom is 0.202 e. The second kappa shape index (κ2) is 8.03. The lowest BCUT2D eigenvalue weighted by Gasteiger charge is -2.13. The van der Waals surface area contributed by atoms with E-state index in [1.165, 1.54) is 0 Å². The van der Waals surface area contributed by atoms with Gasteiger partial charge in [0.2, 0.25) is 5.43 Å². The van der Waals surface area contributed by atoms with Crippen molar-refractivity contribution in [2.24, 2.45) is 0 Å². The fourth-order valence-corrected chi connectivity index (χ4v) is 3.54. The molecule has 5 nitrogen and oxygen atoms in total. The van der Waals surface area contributed by atoms with Crippen molar-refractivity contribution >= 4 is 16.8 Å². The summed E-state index contributed by atoms with van der Waals surface area (Å²) < 4.78 is 1.83. The third-order valence-electron chi connectivity index (χ3n) is 5.20. The first-order valence-corrected chi connectivity index (χ1v) is 9.99. The zero-order valence-corrected chi connectivity index (χ0v) is 17.3. The van der Waals surface area contributed by atoms with E-state index in [1.54, 1.807) is 36.7 Å². The first kappa shape index (κ1) is 19.7. The summed E-state index contributed by atoms with van der Waals surface area (Å²) in [4.78, 5) is 35.2. The standard InChI is InChI=1S/C25H23N3O2/c1-16(2)18-9-11-19(12-10-18)23(29)22-15-28(14-20-7-4-6-17(3)27-20)25-21(24(22)30)8-5-13-26-25/h4-13,15-16H,14H2,1-3H3. The third-order valence-corrected chi connectivity index (χ3v) is 5.20. The van der Waals surface area contributed by atoms with E-state index >= 15 is 0 Å². The van der Waals surface area contributed by atoms with Gasteiger partial charge in [-0.25, -0.2) is 4.98 Å².